The van der Waals surface area contributed by atoms with Crippen LogP contribution in [0.3, 0.4) is 0 Å². The summed E-state index contributed by atoms with van der Waals surface area (Å²) in [6.07, 6.45) is 0. The summed E-state index contributed by atoms with van der Waals surface area (Å²) in [7, 11) is -3.09. The zero-order valence-electron chi connectivity index (χ0n) is 18.6. The molecule has 3 aromatic carbocycles. The van der Waals surface area contributed by atoms with Gasteiger partial charge < -0.3 is 10.1 Å². The van der Waals surface area contributed by atoms with Crippen LogP contribution in [0, 0.1) is 0 Å². The molecule has 182 valence electrons. The molecule has 0 fully saturated rings. The summed E-state index contributed by atoms with van der Waals surface area (Å²) < 4.78 is 29.1. The summed E-state index contributed by atoms with van der Waals surface area (Å²) in [5.74, 6) is -1.47. The fraction of sp³-hybridized carbons (Fsp3) is 0.125. The van der Waals surface area contributed by atoms with E-state index >= 15 is 0 Å². The third-order valence-electron chi connectivity index (χ3n) is 5.29. The number of hydrogen-bond donors (Lipinski definition) is 3. The molecule has 0 aliphatic rings. The van der Waals surface area contributed by atoms with Gasteiger partial charge in [0.15, 0.2) is 0 Å². The lowest BCUT2D eigenvalue weighted by molar-refractivity contribution is -0.142. The molecule has 1 heterocycles. The number of ether oxygens (including phenoxy) is 1. The molecule has 4 rings (SSSR count). The largest absolute Gasteiger partial charge is 0.468 e. The minimum absolute atomic E-state index is 0. The van der Waals surface area contributed by atoms with Crippen molar-refractivity contribution in [2.45, 2.75) is 6.04 Å². The van der Waals surface area contributed by atoms with E-state index in [9.17, 15) is 18.0 Å². The second kappa shape index (κ2) is 10.8. The maximum Gasteiger partial charge on any atom is 0.325 e. The van der Waals surface area contributed by atoms with Gasteiger partial charge in [0.1, 0.15) is 11.7 Å². The maximum absolute atomic E-state index is 12.8. The van der Waals surface area contributed by atoms with Crippen molar-refractivity contribution in [2.24, 2.45) is 5.14 Å². The average molecular weight is 515 g/mol. The molecule has 0 radical (unpaired) electrons. The van der Waals surface area contributed by atoms with Crippen LogP contribution in [0.2, 0.25) is 0 Å². The van der Waals surface area contributed by atoms with E-state index in [0.29, 0.717) is 5.52 Å². The summed E-state index contributed by atoms with van der Waals surface area (Å²) in [4.78, 5) is 29.2. The molecular weight excluding hydrogens is 492 g/mol. The Labute approximate surface area is 208 Å². The number of fused-ring (bicyclic) bond motifs is 2. The molecular formula is C24H23ClN4O5S. The molecule has 1 atom stereocenters. The normalized spacial score (nSPS) is 12.1. The molecule has 9 nitrogen and oxygen atoms in total. The standard InChI is InChI=1S/C24H22N4O5S.ClH/c1-33-24(30)21(28-34(25,31)32)14-26-23(29)20-13-12-16-8-5-11-19(22(16)27-20)18-10-4-7-15-6-2-3-9-17(15)18;/h2-13,21,28H,14H2,1H3,(H,26,29)(H2,25,31,32);1H. The van der Waals surface area contributed by atoms with Gasteiger partial charge in [-0.2, -0.15) is 13.1 Å². The fourth-order valence-corrected chi connectivity index (χ4v) is 4.33. The quantitative estimate of drug-likeness (QED) is 0.324. The van der Waals surface area contributed by atoms with Crippen molar-refractivity contribution in [3.8, 4) is 11.1 Å². The van der Waals surface area contributed by atoms with Crippen molar-refractivity contribution < 1.29 is 22.7 Å². The Morgan fingerprint density at radius 1 is 0.943 bits per heavy atom. The number of nitrogens with zero attached hydrogens (tertiary/aromatic N) is 1. The lowest BCUT2D eigenvalue weighted by Gasteiger charge is -2.15. The van der Waals surface area contributed by atoms with Crippen molar-refractivity contribution in [1.82, 2.24) is 15.0 Å². The number of halogens is 1. The topological polar surface area (TPSA) is 140 Å². The first kappa shape index (κ1) is 26.0. The zero-order chi connectivity index (χ0) is 24.3. The van der Waals surface area contributed by atoms with Gasteiger partial charge in [-0.15, -0.1) is 12.4 Å². The van der Waals surface area contributed by atoms with Gasteiger partial charge in [0, 0.05) is 17.5 Å². The number of esters is 1. The smallest absolute Gasteiger partial charge is 0.325 e. The SMILES string of the molecule is COC(=O)C(CNC(=O)c1ccc2cccc(-c3cccc4ccccc34)c2n1)NS(N)(=O)=O.Cl. The summed E-state index contributed by atoms with van der Waals surface area (Å²) in [5.41, 5.74) is 2.60. The predicted octanol–water partition coefficient (Wildman–Crippen LogP) is 2.54. The second-order valence-electron chi connectivity index (χ2n) is 7.55. The number of aromatic nitrogens is 1. The van der Waals surface area contributed by atoms with E-state index in [1.807, 2.05) is 65.4 Å². The van der Waals surface area contributed by atoms with E-state index in [4.69, 9.17) is 5.14 Å². The highest BCUT2D eigenvalue weighted by Gasteiger charge is 2.24. The number of carbonyl (C=O) groups excluding carboxylic acids is 2. The number of carbonyl (C=O) groups is 2. The molecule has 11 heteroatoms. The van der Waals surface area contributed by atoms with Crippen LogP contribution < -0.4 is 15.2 Å². The Morgan fingerprint density at radius 3 is 2.31 bits per heavy atom. The highest BCUT2D eigenvalue weighted by Crippen LogP contribution is 2.33. The lowest BCUT2D eigenvalue weighted by atomic mass is 9.96. The molecule has 35 heavy (non-hydrogen) atoms. The van der Waals surface area contributed by atoms with E-state index in [0.717, 1.165) is 34.4 Å². The van der Waals surface area contributed by atoms with Crippen LogP contribution in [-0.2, 0) is 19.7 Å². The molecule has 1 amide bonds. The predicted molar refractivity (Wildman–Crippen MR) is 136 cm³/mol. The molecule has 0 aliphatic heterocycles. The Balaban J connectivity index is 0.00000342. The van der Waals surface area contributed by atoms with Crippen molar-refractivity contribution >= 4 is 56.2 Å². The van der Waals surface area contributed by atoms with Crippen LogP contribution in [0.4, 0.5) is 0 Å². The molecule has 4 N–H and O–H groups in total. The van der Waals surface area contributed by atoms with Crippen LogP contribution in [0.25, 0.3) is 32.8 Å². The summed E-state index contributed by atoms with van der Waals surface area (Å²) >= 11 is 0. The van der Waals surface area contributed by atoms with Crippen LogP contribution in [0.15, 0.2) is 72.8 Å². The average Bonchev–Trinajstić information content (AvgIpc) is 2.84. The summed E-state index contributed by atoms with van der Waals surface area (Å²) in [6.45, 7) is -0.368. The number of para-hydroxylation sites is 1. The minimum atomic E-state index is -4.19. The van der Waals surface area contributed by atoms with Gasteiger partial charge in [0.25, 0.3) is 16.1 Å². The summed E-state index contributed by atoms with van der Waals surface area (Å²) in [6, 6.07) is 21.8. The maximum atomic E-state index is 12.8. The third-order valence-corrected chi connectivity index (χ3v) is 5.90. The van der Waals surface area contributed by atoms with Gasteiger partial charge in [-0.05, 0) is 22.4 Å². The molecule has 4 aromatic rings. The van der Waals surface area contributed by atoms with E-state index in [1.54, 1.807) is 12.1 Å². The zero-order valence-corrected chi connectivity index (χ0v) is 20.2. The van der Waals surface area contributed by atoms with E-state index in [-0.39, 0.29) is 24.6 Å². The van der Waals surface area contributed by atoms with E-state index < -0.39 is 28.1 Å². The monoisotopic (exact) mass is 514 g/mol. The number of amides is 1. The first-order valence-electron chi connectivity index (χ1n) is 10.3. The number of methoxy groups -OCH3 is 1. The Morgan fingerprint density at radius 2 is 1.60 bits per heavy atom. The molecule has 0 spiro atoms. The van der Waals surface area contributed by atoms with Crippen LogP contribution >= 0.6 is 12.4 Å². The molecule has 1 aromatic heterocycles. The van der Waals surface area contributed by atoms with Crippen molar-refractivity contribution in [3.05, 3.63) is 78.5 Å². The number of nitrogens with one attached hydrogen (secondary N) is 2. The van der Waals surface area contributed by atoms with Crippen molar-refractivity contribution in [3.63, 3.8) is 0 Å². The van der Waals surface area contributed by atoms with Gasteiger partial charge in [-0.25, -0.2) is 10.1 Å². The second-order valence-corrected chi connectivity index (χ2v) is 8.87. The summed E-state index contributed by atoms with van der Waals surface area (Å²) in [5, 5.41) is 10.5. The highest BCUT2D eigenvalue weighted by atomic mass is 35.5. The first-order valence-corrected chi connectivity index (χ1v) is 11.9. The van der Waals surface area contributed by atoms with E-state index in [1.165, 1.54) is 0 Å². The Hall–Kier alpha value is -3.57. The number of hydrogen-bond acceptors (Lipinski definition) is 6. The third kappa shape index (κ3) is 5.92. The number of benzene rings is 3. The molecule has 0 bridgehead atoms. The highest BCUT2D eigenvalue weighted by molar-refractivity contribution is 7.87. The van der Waals surface area contributed by atoms with Gasteiger partial charge in [-0.1, -0.05) is 66.7 Å². The van der Waals surface area contributed by atoms with Crippen LogP contribution in [0.5, 0.6) is 0 Å². The van der Waals surface area contributed by atoms with E-state index in [2.05, 4.69) is 15.0 Å². The van der Waals surface area contributed by atoms with Crippen LogP contribution in [0.1, 0.15) is 10.5 Å². The van der Waals surface area contributed by atoms with Crippen molar-refractivity contribution in [1.29, 1.82) is 0 Å². The van der Waals surface area contributed by atoms with Crippen LogP contribution in [-0.4, -0.2) is 45.0 Å². The number of rotatable bonds is 7. The fourth-order valence-electron chi connectivity index (χ4n) is 3.75. The number of nitrogens with two attached hydrogens (primary N) is 1. The first-order chi connectivity index (χ1) is 16.3. The molecule has 0 saturated carbocycles. The van der Waals surface area contributed by atoms with Gasteiger partial charge in [-0.3, -0.25) is 9.59 Å². The molecule has 0 aliphatic carbocycles. The lowest BCUT2D eigenvalue weighted by Crippen LogP contribution is -2.50. The van der Waals surface area contributed by atoms with Crippen molar-refractivity contribution in [2.75, 3.05) is 13.7 Å². The minimum Gasteiger partial charge on any atom is -0.468 e. The molecule has 1 unspecified atom stereocenters. The van der Waals surface area contributed by atoms with Gasteiger partial charge in [0.05, 0.1) is 12.6 Å². The number of pyridine rings is 1. The molecule has 0 saturated heterocycles. The Bertz CT molecular complexity index is 1510. The van der Waals surface area contributed by atoms with Gasteiger partial charge >= 0.3 is 5.97 Å². The van der Waals surface area contributed by atoms with Gasteiger partial charge in [0.2, 0.25) is 0 Å². The Kier molecular flexibility index (Phi) is 8.03.